The summed E-state index contributed by atoms with van der Waals surface area (Å²) in [5.74, 6) is -0.214. The molecule has 1 aromatic carbocycles. The first kappa shape index (κ1) is 14.5. The molecule has 0 saturated heterocycles. The molecule has 0 aliphatic rings. The van der Waals surface area contributed by atoms with Crippen molar-refractivity contribution in [2.24, 2.45) is 0 Å². The van der Waals surface area contributed by atoms with Gasteiger partial charge in [0.25, 0.3) is 11.6 Å². The molecule has 0 aliphatic heterocycles. The van der Waals surface area contributed by atoms with E-state index >= 15 is 0 Å². The Hall–Kier alpha value is -2.94. The van der Waals surface area contributed by atoms with E-state index in [1.54, 1.807) is 0 Å². The molecular weight excluding hydrogens is 304 g/mol. The van der Waals surface area contributed by atoms with Gasteiger partial charge in [0.1, 0.15) is 11.4 Å². The lowest BCUT2D eigenvalue weighted by Gasteiger charge is -2.06. The fraction of sp³-hybridized carbons (Fsp3) is 0. The maximum absolute atomic E-state index is 10.9. The number of nitro groups is 2. The SMILES string of the molecule is Nc1cc(Oc2ncc(Cl)cc2[N+](=O)[O-])ccc1[N+](=O)[O-]. The van der Waals surface area contributed by atoms with Crippen molar-refractivity contribution in [3.05, 3.63) is 55.7 Å². The second-order valence-electron chi connectivity index (χ2n) is 3.81. The van der Waals surface area contributed by atoms with Crippen LogP contribution in [0.5, 0.6) is 11.6 Å². The first-order chi connectivity index (χ1) is 9.88. The Morgan fingerprint density at radius 1 is 1.14 bits per heavy atom. The zero-order valence-corrected chi connectivity index (χ0v) is 11.0. The first-order valence-electron chi connectivity index (χ1n) is 5.40. The molecular formula is C11H7ClN4O5. The van der Waals surface area contributed by atoms with E-state index in [2.05, 4.69) is 4.98 Å². The van der Waals surface area contributed by atoms with Crippen LogP contribution in [0.15, 0.2) is 30.5 Å². The number of hydrogen-bond acceptors (Lipinski definition) is 7. The Morgan fingerprint density at radius 2 is 1.81 bits per heavy atom. The highest BCUT2D eigenvalue weighted by molar-refractivity contribution is 6.30. The fourth-order valence-electron chi connectivity index (χ4n) is 1.50. The van der Waals surface area contributed by atoms with E-state index in [1.165, 1.54) is 18.3 Å². The van der Waals surface area contributed by atoms with Crippen LogP contribution in [0.4, 0.5) is 17.1 Å². The van der Waals surface area contributed by atoms with Crippen LogP contribution in [-0.2, 0) is 0 Å². The van der Waals surface area contributed by atoms with Crippen molar-refractivity contribution in [1.82, 2.24) is 4.98 Å². The second-order valence-corrected chi connectivity index (χ2v) is 4.25. The lowest BCUT2D eigenvalue weighted by atomic mass is 10.2. The summed E-state index contributed by atoms with van der Waals surface area (Å²) in [5.41, 5.74) is 4.65. The Bertz CT molecular complexity index is 737. The minimum Gasteiger partial charge on any atom is -0.434 e. The van der Waals surface area contributed by atoms with Gasteiger partial charge in [0.05, 0.1) is 21.1 Å². The first-order valence-corrected chi connectivity index (χ1v) is 5.78. The molecule has 0 saturated carbocycles. The fourth-order valence-corrected chi connectivity index (χ4v) is 1.65. The van der Waals surface area contributed by atoms with Gasteiger partial charge in [-0.3, -0.25) is 20.2 Å². The standard InChI is InChI=1S/C11H7ClN4O5/c12-6-3-10(16(19)20)11(14-5-6)21-7-1-2-9(15(17)18)8(13)4-7/h1-5H,13H2. The number of rotatable bonds is 4. The van der Waals surface area contributed by atoms with E-state index < -0.39 is 15.5 Å². The van der Waals surface area contributed by atoms with Gasteiger partial charge in [-0.2, -0.15) is 0 Å². The molecule has 108 valence electrons. The van der Waals surface area contributed by atoms with Gasteiger partial charge < -0.3 is 10.5 Å². The van der Waals surface area contributed by atoms with Gasteiger partial charge in [0.15, 0.2) is 0 Å². The van der Waals surface area contributed by atoms with Crippen LogP contribution in [0, 0.1) is 20.2 Å². The maximum Gasteiger partial charge on any atom is 0.332 e. The summed E-state index contributed by atoms with van der Waals surface area (Å²) in [6.45, 7) is 0. The third-order valence-corrected chi connectivity index (χ3v) is 2.61. The number of anilines is 1. The largest absolute Gasteiger partial charge is 0.434 e. The summed E-state index contributed by atoms with van der Waals surface area (Å²) < 4.78 is 5.23. The van der Waals surface area contributed by atoms with Crippen LogP contribution in [0.1, 0.15) is 0 Å². The van der Waals surface area contributed by atoms with Crippen molar-refractivity contribution >= 4 is 28.7 Å². The van der Waals surface area contributed by atoms with Crippen LogP contribution in [-0.4, -0.2) is 14.8 Å². The van der Waals surface area contributed by atoms with E-state index in [4.69, 9.17) is 22.1 Å². The van der Waals surface area contributed by atoms with Crippen molar-refractivity contribution in [1.29, 1.82) is 0 Å². The highest BCUT2D eigenvalue weighted by atomic mass is 35.5. The summed E-state index contributed by atoms with van der Waals surface area (Å²) >= 11 is 5.63. The number of ether oxygens (including phenoxy) is 1. The molecule has 0 radical (unpaired) electrons. The van der Waals surface area contributed by atoms with Gasteiger partial charge in [-0.15, -0.1) is 0 Å². The van der Waals surface area contributed by atoms with Crippen LogP contribution < -0.4 is 10.5 Å². The Balaban J connectivity index is 2.37. The van der Waals surface area contributed by atoms with Crippen molar-refractivity contribution in [2.45, 2.75) is 0 Å². The summed E-state index contributed by atoms with van der Waals surface area (Å²) in [6.07, 6.45) is 1.18. The predicted molar refractivity (Wildman–Crippen MR) is 73.5 cm³/mol. The number of nitrogens with two attached hydrogens (primary N) is 1. The van der Waals surface area contributed by atoms with Crippen LogP contribution in [0.2, 0.25) is 5.02 Å². The number of nitrogens with zero attached hydrogens (tertiary/aromatic N) is 3. The average molecular weight is 311 g/mol. The number of nitro benzene ring substituents is 1. The van der Waals surface area contributed by atoms with E-state index in [0.29, 0.717) is 0 Å². The topological polar surface area (TPSA) is 134 Å². The van der Waals surface area contributed by atoms with Gasteiger partial charge in [-0.05, 0) is 6.07 Å². The van der Waals surface area contributed by atoms with Crippen molar-refractivity contribution in [2.75, 3.05) is 5.73 Å². The molecule has 0 spiro atoms. The minimum absolute atomic E-state index is 0.0797. The Morgan fingerprint density at radius 3 is 2.38 bits per heavy atom. The zero-order valence-electron chi connectivity index (χ0n) is 10.2. The summed E-state index contributed by atoms with van der Waals surface area (Å²) in [4.78, 5) is 23.9. The molecule has 0 amide bonds. The molecule has 1 aromatic heterocycles. The molecule has 0 bridgehead atoms. The molecule has 2 N–H and O–H groups in total. The molecule has 0 unspecified atom stereocenters. The van der Waals surface area contributed by atoms with Crippen LogP contribution in [0.25, 0.3) is 0 Å². The number of aromatic nitrogens is 1. The molecule has 9 nitrogen and oxygen atoms in total. The molecule has 10 heteroatoms. The highest BCUT2D eigenvalue weighted by Gasteiger charge is 2.19. The number of halogens is 1. The number of nitrogen functional groups attached to an aromatic ring is 1. The Kier molecular flexibility index (Phi) is 3.85. The monoisotopic (exact) mass is 310 g/mol. The number of benzene rings is 1. The lowest BCUT2D eigenvalue weighted by molar-refractivity contribution is -0.386. The number of pyridine rings is 1. The third-order valence-electron chi connectivity index (χ3n) is 2.41. The summed E-state index contributed by atoms with van der Waals surface area (Å²) in [5, 5.41) is 21.6. The minimum atomic E-state index is -0.705. The van der Waals surface area contributed by atoms with Crippen molar-refractivity contribution < 1.29 is 14.6 Å². The van der Waals surface area contributed by atoms with E-state index in [9.17, 15) is 20.2 Å². The van der Waals surface area contributed by atoms with Crippen molar-refractivity contribution in [3.8, 4) is 11.6 Å². The van der Waals surface area contributed by atoms with Gasteiger partial charge in [0.2, 0.25) is 0 Å². The average Bonchev–Trinajstić information content (AvgIpc) is 2.40. The third kappa shape index (κ3) is 3.15. The Labute approximate surface area is 122 Å². The molecule has 21 heavy (non-hydrogen) atoms. The highest BCUT2D eigenvalue weighted by Crippen LogP contribution is 2.33. The zero-order chi connectivity index (χ0) is 15.6. The lowest BCUT2D eigenvalue weighted by Crippen LogP contribution is -1.98. The summed E-state index contributed by atoms with van der Waals surface area (Å²) in [7, 11) is 0. The van der Waals surface area contributed by atoms with Gasteiger partial charge in [0, 0.05) is 18.2 Å². The van der Waals surface area contributed by atoms with E-state index in [0.717, 1.165) is 12.1 Å². The number of hydrogen-bond donors (Lipinski definition) is 1. The molecule has 0 aliphatic carbocycles. The normalized spacial score (nSPS) is 10.1. The quantitative estimate of drug-likeness (QED) is 0.521. The van der Waals surface area contributed by atoms with Gasteiger partial charge in [-0.1, -0.05) is 11.6 Å². The molecule has 2 rings (SSSR count). The second kappa shape index (κ2) is 5.59. The van der Waals surface area contributed by atoms with Crippen LogP contribution in [0.3, 0.4) is 0 Å². The van der Waals surface area contributed by atoms with E-state index in [1.807, 2.05) is 0 Å². The molecule has 0 fully saturated rings. The van der Waals surface area contributed by atoms with Gasteiger partial charge in [-0.25, -0.2) is 4.98 Å². The summed E-state index contributed by atoms with van der Waals surface area (Å²) in [6, 6.07) is 4.65. The molecule has 1 heterocycles. The molecule has 0 atom stereocenters. The van der Waals surface area contributed by atoms with E-state index in [-0.39, 0.29) is 28.0 Å². The van der Waals surface area contributed by atoms with Crippen LogP contribution >= 0.6 is 11.6 Å². The molecule has 2 aromatic rings. The van der Waals surface area contributed by atoms with Gasteiger partial charge >= 0.3 is 5.69 Å². The maximum atomic E-state index is 10.9. The predicted octanol–water partition coefficient (Wildman–Crippen LogP) is 2.93. The van der Waals surface area contributed by atoms with Crippen molar-refractivity contribution in [3.63, 3.8) is 0 Å². The smallest absolute Gasteiger partial charge is 0.332 e.